The van der Waals surface area contributed by atoms with Crippen LogP contribution in [0, 0.1) is 30.6 Å². The van der Waals surface area contributed by atoms with Crippen molar-refractivity contribution in [2.45, 2.75) is 24.1 Å². The lowest BCUT2D eigenvalue weighted by molar-refractivity contribution is -0.123. The normalized spacial score (nSPS) is 28.9. The van der Waals surface area contributed by atoms with E-state index in [2.05, 4.69) is 21.2 Å². The van der Waals surface area contributed by atoms with E-state index in [0.29, 0.717) is 17.8 Å². The summed E-state index contributed by atoms with van der Waals surface area (Å²) in [6, 6.07) is 11.3. The van der Waals surface area contributed by atoms with Gasteiger partial charge in [-0.2, -0.15) is 0 Å². The molecule has 3 aliphatic rings. The Morgan fingerprint density at radius 2 is 1.63 bits per heavy atom. The third-order valence-corrected chi connectivity index (χ3v) is 9.33. The molecule has 2 saturated carbocycles. The van der Waals surface area contributed by atoms with E-state index in [1.165, 1.54) is 29.2 Å². The van der Waals surface area contributed by atoms with Crippen LogP contribution < -0.4 is 10.2 Å². The van der Waals surface area contributed by atoms with E-state index in [0.717, 1.165) is 10.0 Å². The molecule has 0 radical (unpaired) electrons. The van der Waals surface area contributed by atoms with Crippen LogP contribution >= 0.6 is 39.1 Å². The largest absolute Gasteiger partial charge is 0.452 e. The number of carbonyl (C=O) groups is 4. The number of rotatable bonds is 5. The summed E-state index contributed by atoms with van der Waals surface area (Å²) in [5.74, 6) is -2.78. The summed E-state index contributed by atoms with van der Waals surface area (Å²) in [6.07, 6.45) is 0.697. The summed E-state index contributed by atoms with van der Waals surface area (Å²) in [5, 5.41) is 2.04. The molecule has 2 aliphatic carbocycles. The zero-order chi connectivity index (χ0) is 25.0. The molecule has 2 bridgehead atoms. The van der Waals surface area contributed by atoms with E-state index < -0.39 is 30.3 Å². The average molecular weight is 580 g/mol. The molecule has 0 unspecified atom stereocenters. The number of nitrogens with one attached hydrogen (secondary N) is 1. The van der Waals surface area contributed by atoms with Gasteiger partial charge in [-0.3, -0.25) is 19.3 Å². The minimum Gasteiger partial charge on any atom is -0.452 e. The summed E-state index contributed by atoms with van der Waals surface area (Å²) in [7, 11) is 0. The summed E-state index contributed by atoms with van der Waals surface area (Å²) >= 11 is 16.2. The number of halogens is 3. The number of imide groups is 1. The highest BCUT2D eigenvalue weighted by Crippen LogP contribution is 2.59. The van der Waals surface area contributed by atoms with Crippen LogP contribution in [0.25, 0.3) is 0 Å². The highest BCUT2D eigenvalue weighted by atomic mass is 79.9. The van der Waals surface area contributed by atoms with Gasteiger partial charge in [0.1, 0.15) is 0 Å². The van der Waals surface area contributed by atoms with Crippen molar-refractivity contribution in [2.24, 2.45) is 23.7 Å². The highest BCUT2D eigenvalue weighted by molar-refractivity contribution is 9.10. The van der Waals surface area contributed by atoms with Gasteiger partial charge in [0.2, 0.25) is 11.8 Å². The molecule has 1 N–H and O–H groups in total. The summed E-state index contributed by atoms with van der Waals surface area (Å²) in [5.41, 5.74) is 2.12. The Bertz CT molecular complexity index is 1200. The Labute approximate surface area is 220 Å². The first-order valence-corrected chi connectivity index (χ1v) is 12.8. The molecule has 0 spiro atoms. The molecule has 3 fully saturated rings. The zero-order valence-electron chi connectivity index (χ0n) is 18.5. The van der Waals surface area contributed by atoms with Crippen LogP contribution in [0.3, 0.4) is 0 Å². The number of ether oxygens (including phenoxy) is 1. The molecular weight excluding hydrogens is 559 g/mol. The second-order valence-electron chi connectivity index (χ2n) is 9.15. The van der Waals surface area contributed by atoms with Gasteiger partial charge in [0.25, 0.3) is 5.91 Å². The number of carbonyl (C=O) groups excluding carboxylic acids is 4. The molecule has 182 valence electrons. The lowest BCUT2D eigenvalue weighted by Gasteiger charge is -2.28. The maximum atomic E-state index is 13.1. The lowest BCUT2D eigenvalue weighted by atomic mass is 9.80. The predicted molar refractivity (Wildman–Crippen MR) is 135 cm³/mol. The predicted octanol–water partition coefficient (Wildman–Crippen LogP) is 4.52. The minimum atomic E-state index is -0.692. The molecule has 10 heteroatoms. The standard InChI is InChI=1S/C25H21BrCl2N2O5/c1-11-8-13(4-7-17(11)26)29-18(31)10-35-25(34)12-2-5-14(6-3-12)30-23(32)19-15-9-16(20(19)24(30)33)22(28)21(15)27/h2-8,15-16,19-22H,9-10H2,1H3,(H,29,31)/t15-,16-,19-,20-,21+,22+/m1/s1. The smallest absolute Gasteiger partial charge is 0.338 e. The van der Waals surface area contributed by atoms with Gasteiger partial charge in [0.15, 0.2) is 6.61 Å². The van der Waals surface area contributed by atoms with Gasteiger partial charge in [0, 0.05) is 10.2 Å². The van der Waals surface area contributed by atoms with Gasteiger partial charge in [-0.05, 0) is 73.2 Å². The van der Waals surface area contributed by atoms with Gasteiger partial charge in [0.05, 0.1) is 33.8 Å². The van der Waals surface area contributed by atoms with E-state index >= 15 is 0 Å². The van der Waals surface area contributed by atoms with Crippen LogP contribution in [0.2, 0.25) is 0 Å². The fourth-order valence-corrected chi connectivity index (χ4v) is 6.62. The minimum absolute atomic E-state index is 0.0997. The van der Waals surface area contributed by atoms with Crippen LogP contribution in [-0.4, -0.2) is 41.1 Å². The molecular formula is C25H21BrCl2N2O5. The number of benzene rings is 2. The van der Waals surface area contributed by atoms with E-state index in [-0.39, 0.29) is 40.0 Å². The molecule has 7 nitrogen and oxygen atoms in total. The van der Waals surface area contributed by atoms with Crippen LogP contribution in [0.1, 0.15) is 22.3 Å². The Balaban J connectivity index is 1.21. The van der Waals surface area contributed by atoms with E-state index in [9.17, 15) is 19.2 Å². The number of nitrogens with zero attached hydrogens (tertiary/aromatic N) is 1. The molecule has 5 rings (SSSR count). The van der Waals surface area contributed by atoms with Gasteiger partial charge in [-0.15, -0.1) is 23.2 Å². The summed E-state index contributed by atoms with van der Waals surface area (Å²) in [6.45, 7) is 1.44. The Morgan fingerprint density at radius 1 is 1.03 bits per heavy atom. The molecule has 2 aromatic carbocycles. The van der Waals surface area contributed by atoms with Crippen LogP contribution in [0.5, 0.6) is 0 Å². The van der Waals surface area contributed by atoms with Gasteiger partial charge >= 0.3 is 5.97 Å². The molecule has 6 atom stereocenters. The first kappa shape index (κ1) is 24.3. The Kier molecular flexibility index (Phi) is 6.40. The lowest BCUT2D eigenvalue weighted by Crippen LogP contribution is -2.37. The van der Waals surface area contributed by atoms with E-state index in [1.807, 2.05) is 13.0 Å². The van der Waals surface area contributed by atoms with Crippen LogP contribution in [-0.2, 0) is 19.1 Å². The third kappa shape index (κ3) is 4.15. The molecule has 1 heterocycles. The summed E-state index contributed by atoms with van der Waals surface area (Å²) < 4.78 is 6.03. The molecule has 1 aliphatic heterocycles. The zero-order valence-corrected chi connectivity index (χ0v) is 21.6. The Hall–Kier alpha value is -2.42. The number of esters is 1. The number of alkyl halides is 2. The van der Waals surface area contributed by atoms with Crippen LogP contribution in [0.4, 0.5) is 11.4 Å². The molecule has 1 saturated heterocycles. The van der Waals surface area contributed by atoms with E-state index in [1.54, 1.807) is 12.1 Å². The fraction of sp³-hybridized carbons (Fsp3) is 0.360. The first-order valence-electron chi connectivity index (χ1n) is 11.2. The number of fused-ring (bicyclic) bond motifs is 5. The molecule has 3 amide bonds. The molecule has 0 aromatic heterocycles. The second-order valence-corrected chi connectivity index (χ2v) is 11.0. The molecule has 35 heavy (non-hydrogen) atoms. The van der Waals surface area contributed by atoms with Crippen molar-refractivity contribution >= 4 is 74.2 Å². The van der Waals surface area contributed by atoms with Crippen molar-refractivity contribution in [1.29, 1.82) is 0 Å². The van der Waals surface area contributed by atoms with Gasteiger partial charge < -0.3 is 10.1 Å². The highest BCUT2D eigenvalue weighted by Gasteiger charge is 2.66. The van der Waals surface area contributed by atoms with Crippen molar-refractivity contribution < 1.29 is 23.9 Å². The average Bonchev–Trinajstić information content (AvgIpc) is 3.45. The monoisotopic (exact) mass is 578 g/mol. The van der Waals surface area contributed by atoms with Crippen molar-refractivity contribution in [3.05, 3.63) is 58.1 Å². The first-order chi connectivity index (χ1) is 16.7. The Morgan fingerprint density at radius 3 is 2.20 bits per heavy atom. The van der Waals surface area contributed by atoms with E-state index in [4.69, 9.17) is 27.9 Å². The van der Waals surface area contributed by atoms with Crippen molar-refractivity contribution in [3.8, 4) is 0 Å². The van der Waals surface area contributed by atoms with Gasteiger partial charge in [-0.25, -0.2) is 4.79 Å². The van der Waals surface area contributed by atoms with Crippen molar-refractivity contribution in [2.75, 3.05) is 16.8 Å². The quantitative estimate of drug-likeness (QED) is 0.319. The second kappa shape index (κ2) is 9.22. The number of hydrogen-bond donors (Lipinski definition) is 1. The van der Waals surface area contributed by atoms with Gasteiger partial charge in [-0.1, -0.05) is 15.9 Å². The maximum Gasteiger partial charge on any atom is 0.338 e. The number of hydrogen-bond acceptors (Lipinski definition) is 5. The van der Waals surface area contributed by atoms with Crippen molar-refractivity contribution in [1.82, 2.24) is 0 Å². The third-order valence-electron chi connectivity index (χ3n) is 7.12. The number of amides is 3. The van der Waals surface area contributed by atoms with Crippen molar-refractivity contribution in [3.63, 3.8) is 0 Å². The number of aryl methyl sites for hydroxylation is 1. The number of anilines is 2. The maximum absolute atomic E-state index is 13.1. The van der Waals surface area contributed by atoms with Crippen LogP contribution in [0.15, 0.2) is 46.9 Å². The fourth-order valence-electron chi connectivity index (χ4n) is 5.48. The summed E-state index contributed by atoms with van der Waals surface area (Å²) in [4.78, 5) is 51.9. The topological polar surface area (TPSA) is 92.8 Å². The molecule has 2 aromatic rings. The SMILES string of the molecule is Cc1cc(NC(=O)COC(=O)c2ccc(N3C(=O)[C@@H]4[C@H]5C[C@@H]([C@H](Cl)[C@H]5Cl)[C@H]4C3=O)cc2)ccc1Br.